The van der Waals surface area contributed by atoms with Gasteiger partial charge in [-0.15, -0.1) is 0 Å². The zero-order valence-electron chi connectivity index (χ0n) is 28.9. The number of phenolic OH excluding ortho intramolecular Hbond substituents is 2. The molecule has 3 rings (SSSR count). The number of Topliss-reactive ketones (excluding diaryl/α,β-unsaturated/α-hetero) is 3. The first-order chi connectivity index (χ1) is 20.3. The van der Waals surface area contributed by atoms with Crippen molar-refractivity contribution in [3.8, 4) is 11.5 Å². The van der Waals surface area contributed by atoms with E-state index in [-0.39, 0.29) is 46.3 Å². The molecule has 0 aromatic heterocycles. The fourth-order valence-corrected chi connectivity index (χ4v) is 7.98. The summed E-state index contributed by atoms with van der Waals surface area (Å²) < 4.78 is 0. The highest BCUT2D eigenvalue weighted by atomic mass is 16.3. The van der Waals surface area contributed by atoms with E-state index in [1.807, 2.05) is 13.8 Å². The molecule has 0 spiro atoms. The summed E-state index contributed by atoms with van der Waals surface area (Å²) in [4.78, 5) is 45.2. The van der Waals surface area contributed by atoms with Crippen LogP contribution in [0.1, 0.15) is 126 Å². The highest BCUT2D eigenvalue weighted by Gasteiger charge is 2.74. The lowest BCUT2D eigenvalue weighted by Gasteiger charge is -2.61. The van der Waals surface area contributed by atoms with Gasteiger partial charge in [0.15, 0.2) is 28.8 Å². The van der Waals surface area contributed by atoms with Gasteiger partial charge in [-0.1, -0.05) is 82.1 Å². The number of aliphatic hydroxyl groups excluding tert-OH is 1. The van der Waals surface area contributed by atoms with Crippen molar-refractivity contribution in [2.75, 3.05) is 0 Å². The van der Waals surface area contributed by atoms with Crippen molar-refractivity contribution in [3.63, 3.8) is 0 Å². The summed E-state index contributed by atoms with van der Waals surface area (Å²) >= 11 is 0. The molecule has 2 saturated carbocycles. The number of aliphatic hydroxyl groups is 1. The van der Waals surface area contributed by atoms with Gasteiger partial charge < -0.3 is 15.3 Å². The lowest BCUT2D eigenvalue weighted by molar-refractivity contribution is -0.180. The summed E-state index contributed by atoms with van der Waals surface area (Å²) in [5.41, 5.74) is -3.89. The second-order valence-electron chi connectivity index (χ2n) is 16.1. The van der Waals surface area contributed by atoms with Gasteiger partial charge >= 0.3 is 0 Å². The standard InChI is InChI=1S/C38H58O6/c1-22(2)11-13-27(25(7)8)20-37-21-28(15-12-23(3)4)36(9,10)38(35(37)44,18-17-24(5)6)34(43)31(33(37)42)32(41)26-14-16-29(39)30(40)19-26/h14,16,19,22-25,27-28,39-41H,11-13,15,17-18,20-21H2,1-10H3/t27-,28+,37+,38-/m1/s1. The molecule has 0 radical (unpaired) electrons. The normalized spacial score (nSPS) is 27.1. The quantitative estimate of drug-likeness (QED) is 0.0675. The number of carbonyl (C=O) groups is 3. The Labute approximate surface area is 265 Å². The first-order valence-corrected chi connectivity index (χ1v) is 16.9. The number of ketones is 3. The van der Waals surface area contributed by atoms with Gasteiger partial charge in [0.1, 0.15) is 11.3 Å². The molecule has 2 bridgehead atoms. The average Bonchev–Trinajstić information content (AvgIpc) is 2.91. The Kier molecular flexibility index (Phi) is 10.9. The SMILES string of the molecule is CC(C)CC[C@H](C[C@]12C[C@H](CCC(C)C)C(C)(C)[C@](CCC(C)C)(C(=O)C(=C(O)c3ccc(O)c(O)c3)C1=O)C2=O)C(C)C. The largest absolute Gasteiger partial charge is 0.506 e. The van der Waals surface area contributed by atoms with Gasteiger partial charge in [0.25, 0.3) is 0 Å². The molecule has 6 heteroatoms. The van der Waals surface area contributed by atoms with Crippen molar-refractivity contribution < 1.29 is 29.7 Å². The second-order valence-corrected chi connectivity index (χ2v) is 16.1. The molecule has 2 aliphatic rings. The van der Waals surface area contributed by atoms with Crippen LogP contribution in [0, 0.1) is 51.8 Å². The van der Waals surface area contributed by atoms with Crippen LogP contribution in [0.5, 0.6) is 11.5 Å². The van der Waals surface area contributed by atoms with Crippen molar-refractivity contribution in [2.45, 2.75) is 121 Å². The summed E-state index contributed by atoms with van der Waals surface area (Å²) in [6, 6.07) is 3.77. The molecular weight excluding hydrogens is 552 g/mol. The topological polar surface area (TPSA) is 112 Å². The number of hydrogen-bond acceptors (Lipinski definition) is 6. The molecule has 246 valence electrons. The van der Waals surface area contributed by atoms with E-state index in [9.17, 15) is 24.9 Å². The number of hydrogen-bond donors (Lipinski definition) is 3. The Morgan fingerprint density at radius 2 is 1.41 bits per heavy atom. The summed E-state index contributed by atoms with van der Waals surface area (Å²) in [6.45, 7) is 21.2. The van der Waals surface area contributed by atoms with E-state index in [0.717, 1.165) is 31.7 Å². The minimum atomic E-state index is -1.47. The Balaban J connectivity index is 2.39. The Hall–Kier alpha value is -2.63. The van der Waals surface area contributed by atoms with E-state index in [1.165, 1.54) is 12.1 Å². The molecule has 2 fully saturated rings. The van der Waals surface area contributed by atoms with E-state index in [2.05, 4.69) is 55.4 Å². The summed E-state index contributed by atoms with van der Waals surface area (Å²) in [5.74, 6) is -1.33. The molecule has 1 aromatic rings. The molecule has 1 aromatic carbocycles. The molecule has 2 aliphatic carbocycles. The zero-order valence-corrected chi connectivity index (χ0v) is 28.9. The predicted octanol–water partition coefficient (Wildman–Crippen LogP) is 9.08. The van der Waals surface area contributed by atoms with E-state index < -0.39 is 39.3 Å². The van der Waals surface area contributed by atoms with Crippen molar-refractivity contribution in [3.05, 3.63) is 29.3 Å². The molecule has 0 heterocycles. The van der Waals surface area contributed by atoms with Gasteiger partial charge in [-0.2, -0.15) is 0 Å². The van der Waals surface area contributed by atoms with Crippen LogP contribution in [0.15, 0.2) is 23.8 Å². The van der Waals surface area contributed by atoms with E-state index in [4.69, 9.17) is 0 Å². The molecule has 3 N–H and O–H groups in total. The summed E-state index contributed by atoms with van der Waals surface area (Å²) in [6.07, 6.45) is 5.28. The molecule has 6 nitrogen and oxygen atoms in total. The Morgan fingerprint density at radius 3 is 1.93 bits per heavy atom. The third kappa shape index (κ3) is 6.37. The molecular formula is C38H58O6. The Morgan fingerprint density at radius 1 is 0.818 bits per heavy atom. The van der Waals surface area contributed by atoms with Crippen LogP contribution in [0.2, 0.25) is 0 Å². The van der Waals surface area contributed by atoms with Crippen LogP contribution in [0.4, 0.5) is 0 Å². The second kappa shape index (κ2) is 13.4. The maximum Gasteiger partial charge on any atom is 0.184 e. The lowest BCUT2D eigenvalue weighted by atomic mass is 9.38. The maximum atomic E-state index is 15.3. The van der Waals surface area contributed by atoms with Gasteiger partial charge in [-0.05, 0) is 97.6 Å². The van der Waals surface area contributed by atoms with Crippen LogP contribution in [-0.4, -0.2) is 32.7 Å². The smallest absolute Gasteiger partial charge is 0.184 e. The molecule has 0 saturated heterocycles. The van der Waals surface area contributed by atoms with E-state index in [0.29, 0.717) is 37.5 Å². The molecule has 0 amide bonds. The number of rotatable bonds is 13. The zero-order chi connectivity index (χ0) is 33.4. The van der Waals surface area contributed by atoms with Crippen LogP contribution in [0.25, 0.3) is 5.76 Å². The number of allylic oxidation sites excluding steroid dienone is 1. The Bertz CT molecular complexity index is 1260. The van der Waals surface area contributed by atoms with Crippen LogP contribution >= 0.6 is 0 Å². The highest BCUT2D eigenvalue weighted by molar-refractivity contribution is 6.41. The van der Waals surface area contributed by atoms with Gasteiger partial charge in [-0.25, -0.2) is 0 Å². The molecule has 0 unspecified atom stereocenters. The van der Waals surface area contributed by atoms with Crippen LogP contribution in [0.3, 0.4) is 0 Å². The predicted molar refractivity (Wildman–Crippen MR) is 176 cm³/mol. The number of fused-ring (bicyclic) bond motifs is 2. The van der Waals surface area contributed by atoms with Crippen LogP contribution < -0.4 is 0 Å². The summed E-state index contributed by atoms with van der Waals surface area (Å²) in [7, 11) is 0. The maximum absolute atomic E-state index is 15.3. The van der Waals surface area contributed by atoms with E-state index >= 15 is 4.79 Å². The fourth-order valence-electron chi connectivity index (χ4n) is 7.98. The third-order valence-corrected chi connectivity index (χ3v) is 11.2. The van der Waals surface area contributed by atoms with Gasteiger partial charge in [0.2, 0.25) is 0 Å². The third-order valence-electron chi connectivity index (χ3n) is 11.2. The average molecular weight is 611 g/mol. The molecule has 44 heavy (non-hydrogen) atoms. The molecule has 0 aliphatic heterocycles. The lowest BCUT2D eigenvalue weighted by Crippen LogP contribution is -2.70. The van der Waals surface area contributed by atoms with Crippen LogP contribution in [-0.2, 0) is 14.4 Å². The minimum absolute atomic E-state index is 0.0259. The van der Waals surface area contributed by atoms with Crippen molar-refractivity contribution >= 4 is 23.1 Å². The molecule has 4 atom stereocenters. The number of aromatic hydroxyl groups is 2. The first kappa shape index (κ1) is 35.8. The minimum Gasteiger partial charge on any atom is -0.506 e. The van der Waals surface area contributed by atoms with Crippen molar-refractivity contribution in [1.29, 1.82) is 0 Å². The van der Waals surface area contributed by atoms with Gasteiger partial charge in [-0.3, -0.25) is 14.4 Å². The fraction of sp³-hybridized carbons (Fsp3) is 0.711. The van der Waals surface area contributed by atoms with E-state index in [1.54, 1.807) is 0 Å². The number of benzene rings is 1. The monoisotopic (exact) mass is 610 g/mol. The van der Waals surface area contributed by atoms with Gasteiger partial charge in [0, 0.05) is 5.56 Å². The summed E-state index contributed by atoms with van der Waals surface area (Å²) in [5, 5.41) is 31.9. The number of phenols is 2. The van der Waals surface area contributed by atoms with Crippen molar-refractivity contribution in [2.24, 2.45) is 51.8 Å². The highest BCUT2D eigenvalue weighted by Crippen LogP contribution is 2.66. The van der Waals surface area contributed by atoms with Gasteiger partial charge in [0.05, 0.1) is 10.8 Å². The number of carbonyl (C=O) groups excluding carboxylic acids is 3. The van der Waals surface area contributed by atoms with Crippen molar-refractivity contribution in [1.82, 2.24) is 0 Å². The first-order valence-electron chi connectivity index (χ1n) is 16.9.